The number of hydrogen-bond donors (Lipinski definition) is 1. The normalized spacial score (nSPS) is 10.0. The molecule has 0 aliphatic rings. The summed E-state index contributed by atoms with van der Waals surface area (Å²) in [6.45, 7) is 0. The van der Waals surface area contributed by atoms with Crippen LogP contribution < -0.4 is 5.32 Å². The number of carbonyl (C=O) groups is 1. The largest absolute Gasteiger partial charge is 0.319 e. The molecule has 0 unspecified atom stereocenters. The average Bonchev–Trinajstić information content (AvgIpc) is 2.32. The van der Waals surface area contributed by atoms with Gasteiger partial charge in [-0.3, -0.25) is 14.8 Å². The van der Waals surface area contributed by atoms with Crippen molar-refractivity contribution < 1.29 is 4.79 Å². The lowest BCUT2D eigenvalue weighted by Crippen LogP contribution is -2.13. The van der Waals surface area contributed by atoms with Crippen molar-refractivity contribution in [3.05, 3.63) is 52.0 Å². The summed E-state index contributed by atoms with van der Waals surface area (Å²) in [7, 11) is 0. The van der Waals surface area contributed by atoms with Crippen LogP contribution in [0.25, 0.3) is 0 Å². The van der Waals surface area contributed by atoms with Crippen LogP contribution in [0.5, 0.6) is 0 Å². The van der Waals surface area contributed by atoms with E-state index in [2.05, 4.69) is 31.2 Å². The predicted octanol–water partition coefficient (Wildman–Crippen LogP) is 3.14. The fraction of sp³-hybridized carbons (Fsp3) is 0. The van der Waals surface area contributed by atoms with E-state index in [1.54, 1.807) is 24.5 Å². The molecule has 6 heteroatoms. The number of aromatic nitrogens is 2. The summed E-state index contributed by atoms with van der Waals surface area (Å²) in [5, 5.41) is 3.18. The van der Waals surface area contributed by atoms with Gasteiger partial charge in [-0.2, -0.15) is 0 Å². The third-order valence-electron chi connectivity index (χ3n) is 1.98. The molecule has 0 aliphatic carbocycles. The van der Waals surface area contributed by atoms with E-state index in [-0.39, 0.29) is 11.6 Å². The van der Waals surface area contributed by atoms with Crippen molar-refractivity contribution in [2.45, 2.75) is 0 Å². The van der Waals surface area contributed by atoms with E-state index in [4.69, 9.17) is 11.6 Å². The van der Waals surface area contributed by atoms with Crippen LogP contribution in [0.4, 0.5) is 5.69 Å². The van der Waals surface area contributed by atoms with Gasteiger partial charge in [0.05, 0.1) is 10.2 Å². The van der Waals surface area contributed by atoms with Gasteiger partial charge < -0.3 is 5.32 Å². The van der Waals surface area contributed by atoms with E-state index in [1.165, 1.54) is 12.3 Å². The molecular weight excluding hydrogens is 305 g/mol. The van der Waals surface area contributed by atoms with Crippen molar-refractivity contribution in [3.8, 4) is 0 Å². The van der Waals surface area contributed by atoms with Crippen LogP contribution >= 0.6 is 27.5 Å². The summed E-state index contributed by atoms with van der Waals surface area (Å²) < 4.78 is 0.704. The molecule has 0 bridgehead atoms. The van der Waals surface area contributed by atoms with Gasteiger partial charge in [0.25, 0.3) is 5.91 Å². The number of halogens is 2. The summed E-state index contributed by atoms with van der Waals surface area (Å²) in [6.07, 6.45) is 4.67. The number of carbonyl (C=O) groups excluding carboxylic acids is 1. The van der Waals surface area contributed by atoms with E-state index in [1.807, 2.05) is 0 Å². The van der Waals surface area contributed by atoms with Gasteiger partial charge in [-0.1, -0.05) is 11.6 Å². The summed E-state index contributed by atoms with van der Waals surface area (Å²) in [6, 6.07) is 4.80. The fourth-order valence-electron chi connectivity index (χ4n) is 1.19. The smallest absolute Gasteiger partial charge is 0.274 e. The summed E-state index contributed by atoms with van der Waals surface area (Å²) in [5.41, 5.74) is 0.896. The first kappa shape index (κ1) is 12.0. The minimum Gasteiger partial charge on any atom is -0.319 e. The molecule has 0 saturated heterocycles. The summed E-state index contributed by atoms with van der Waals surface area (Å²) in [5.74, 6) is -0.320. The molecule has 2 aromatic rings. The van der Waals surface area contributed by atoms with Crippen LogP contribution in [0.2, 0.25) is 5.02 Å². The Morgan fingerprint density at radius 3 is 2.88 bits per heavy atom. The van der Waals surface area contributed by atoms with Crippen molar-refractivity contribution in [1.29, 1.82) is 0 Å². The molecule has 0 radical (unpaired) electrons. The predicted molar refractivity (Wildman–Crippen MR) is 69.1 cm³/mol. The Labute approximate surface area is 111 Å². The zero-order valence-electron chi connectivity index (χ0n) is 8.52. The summed E-state index contributed by atoms with van der Waals surface area (Å²) >= 11 is 9.07. The van der Waals surface area contributed by atoms with Crippen molar-refractivity contribution in [1.82, 2.24) is 9.97 Å². The highest BCUT2D eigenvalue weighted by atomic mass is 79.9. The van der Waals surface area contributed by atoms with E-state index in [9.17, 15) is 4.79 Å². The molecule has 0 aliphatic heterocycles. The van der Waals surface area contributed by atoms with Crippen molar-refractivity contribution in [3.63, 3.8) is 0 Å². The monoisotopic (exact) mass is 311 g/mol. The topological polar surface area (TPSA) is 54.9 Å². The van der Waals surface area contributed by atoms with Crippen LogP contribution in [-0.2, 0) is 0 Å². The van der Waals surface area contributed by atoms with E-state index in [0.717, 1.165) is 0 Å². The summed E-state index contributed by atoms with van der Waals surface area (Å²) in [4.78, 5) is 19.7. The highest BCUT2D eigenvalue weighted by Gasteiger charge is 2.09. The maximum Gasteiger partial charge on any atom is 0.274 e. The number of hydrogen-bond acceptors (Lipinski definition) is 3. The first-order valence-electron chi connectivity index (χ1n) is 4.69. The van der Waals surface area contributed by atoms with E-state index >= 15 is 0 Å². The first-order valence-corrected chi connectivity index (χ1v) is 5.86. The van der Waals surface area contributed by atoms with Crippen LogP contribution in [0.15, 0.2) is 41.3 Å². The van der Waals surface area contributed by atoms with E-state index in [0.29, 0.717) is 15.2 Å². The Hall–Kier alpha value is -1.46. The average molecular weight is 313 g/mol. The Kier molecular flexibility index (Phi) is 3.71. The molecule has 1 N–H and O–H groups in total. The lowest BCUT2D eigenvalue weighted by atomic mass is 10.3. The first-order chi connectivity index (χ1) is 8.16. The minimum atomic E-state index is -0.320. The Balaban J connectivity index is 2.20. The molecule has 0 fully saturated rings. The molecular formula is C11H7BrClN3O. The van der Waals surface area contributed by atoms with Crippen molar-refractivity contribution in [2.24, 2.45) is 0 Å². The number of rotatable bonds is 2. The third-order valence-corrected chi connectivity index (χ3v) is 2.84. The third kappa shape index (κ3) is 3.01. The molecule has 2 aromatic heterocycles. The number of anilines is 1. The lowest BCUT2D eigenvalue weighted by molar-refractivity contribution is 0.102. The Morgan fingerprint density at radius 2 is 2.18 bits per heavy atom. The quantitative estimate of drug-likeness (QED) is 0.927. The second-order valence-electron chi connectivity index (χ2n) is 3.17. The molecule has 17 heavy (non-hydrogen) atoms. The fourth-order valence-corrected chi connectivity index (χ4v) is 1.70. The van der Waals surface area contributed by atoms with Crippen molar-refractivity contribution >= 4 is 39.1 Å². The van der Waals surface area contributed by atoms with Crippen molar-refractivity contribution in [2.75, 3.05) is 5.32 Å². The molecule has 4 nitrogen and oxygen atoms in total. The number of amides is 1. The molecule has 86 valence electrons. The second kappa shape index (κ2) is 5.25. The molecule has 1 amide bonds. The lowest BCUT2D eigenvalue weighted by Gasteiger charge is -2.06. The highest BCUT2D eigenvalue weighted by molar-refractivity contribution is 9.10. The molecule has 0 spiro atoms. The zero-order valence-corrected chi connectivity index (χ0v) is 10.9. The standard InChI is InChI=1S/C11H7BrClN3O/c12-8-6-14-3-2-9(8)16-11(17)10-5-7(13)1-4-15-10/h1-6H,(H,14,16,17). The molecule has 2 rings (SSSR count). The van der Waals surface area contributed by atoms with Gasteiger partial charge in [0.1, 0.15) is 5.69 Å². The Morgan fingerprint density at radius 1 is 1.35 bits per heavy atom. The van der Waals surface area contributed by atoms with Gasteiger partial charge in [0.15, 0.2) is 0 Å². The van der Waals surface area contributed by atoms with Crippen LogP contribution in [0.1, 0.15) is 10.5 Å². The molecule has 2 heterocycles. The number of nitrogens with one attached hydrogen (secondary N) is 1. The minimum absolute atomic E-state index is 0.265. The SMILES string of the molecule is O=C(Nc1ccncc1Br)c1cc(Cl)ccn1. The highest BCUT2D eigenvalue weighted by Crippen LogP contribution is 2.20. The number of nitrogens with zero attached hydrogens (tertiary/aromatic N) is 2. The van der Waals surface area contributed by atoms with Gasteiger partial charge in [0.2, 0.25) is 0 Å². The van der Waals surface area contributed by atoms with Gasteiger partial charge in [-0.25, -0.2) is 0 Å². The van der Waals surface area contributed by atoms with Crippen LogP contribution in [-0.4, -0.2) is 15.9 Å². The maximum atomic E-state index is 11.8. The van der Waals surface area contributed by atoms with Crippen LogP contribution in [0.3, 0.4) is 0 Å². The molecule has 0 aromatic carbocycles. The molecule has 0 saturated carbocycles. The van der Waals surface area contributed by atoms with Gasteiger partial charge in [-0.05, 0) is 34.1 Å². The molecule has 0 atom stereocenters. The zero-order chi connectivity index (χ0) is 12.3. The van der Waals surface area contributed by atoms with E-state index < -0.39 is 0 Å². The maximum absolute atomic E-state index is 11.8. The van der Waals surface area contributed by atoms with Gasteiger partial charge in [-0.15, -0.1) is 0 Å². The van der Waals surface area contributed by atoms with Crippen LogP contribution in [0, 0.1) is 0 Å². The Bertz CT molecular complexity index is 562. The van der Waals surface area contributed by atoms with Gasteiger partial charge in [0, 0.05) is 23.6 Å². The van der Waals surface area contributed by atoms with Gasteiger partial charge >= 0.3 is 0 Å². The number of pyridine rings is 2. The second-order valence-corrected chi connectivity index (χ2v) is 4.46.